The summed E-state index contributed by atoms with van der Waals surface area (Å²) in [5.74, 6) is -3.66. The highest BCUT2D eigenvalue weighted by Gasteiger charge is 2.24. The number of pyridine rings is 1. The molecule has 2 aromatic rings. The van der Waals surface area contributed by atoms with Gasteiger partial charge in [0.2, 0.25) is 0 Å². The van der Waals surface area contributed by atoms with Crippen molar-refractivity contribution >= 4 is 23.3 Å². The van der Waals surface area contributed by atoms with Crippen LogP contribution in [0.1, 0.15) is 16.1 Å². The quantitative estimate of drug-likeness (QED) is 0.903. The number of anilines is 1. The van der Waals surface area contributed by atoms with E-state index in [1.807, 2.05) is 0 Å². The van der Waals surface area contributed by atoms with Crippen LogP contribution in [0, 0.1) is 18.6 Å². The lowest BCUT2D eigenvalue weighted by Crippen LogP contribution is -2.11. The first-order valence-corrected chi connectivity index (χ1v) is 6.38. The lowest BCUT2D eigenvalue weighted by molar-refractivity contribution is 0.0689. The number of nitrogens with two attached hydrogens (primary N) is 1. The third-order valence-corrected chi connectivity index (χ3v) is 3.44. The molecule has 0 bridgehead atoms. The van der Waals surface area contributed by atoms with Crippen LogP contribution in [-0.4, -0.2) is 23.2 Å². The molecule has 0 unspecified atom stereocenters. The number of halogens is 3. The third kappa shape index (κ3) is 2.43. The van der Waals surface area contributed by atoms with Gasteiger partial charge in [0.15, 0.2) is 23.1 Å². The Labute approximate surface area is 129 Å². The number of nitrogens with zero attached hydrogens (tertiary/aromatic N) is 1. The maximum absolute atomic E-state index is 14.4. The van der Waals surface area contributed by atoms with E-state index in [9.17, 15) is 13.6 Å². The summed E-state index contributed by atoms with van der Waals surface area (Å²) in [6.45, 7) is 1.32. The SMILES string of the molecule is COc1c(Cl)ccc(-c2nc(C(=O)O)c(C)c(N)c2F)c1F. The Hall–Kier alpha value is -2.41. The average molecular weight is 329 g/mol. The Morgan fingerprint density at radius 1 is 1.36 bits per heavy atom. The van der Waals surface area contributed by atoms with Gasteiger partial charge in [-0.25, -0.2) is 18.6 Å². The van der Waals surface area contributed by atoms with E-state index in [1.54, 1.807) is 0 Å². The molecule has 0 fully saturated rings. The highest BCUT2D eigenvalue weighted by Crippen LogP contribution is 2.36. The van der Waals surface area contributed by atoms with Gasteiger partial charge in [0.25, 0.3) is 0 Å². The number of carboxylic acids is 1. The number of nitrogen functional groups attached to an aromatic ring is 1. The van der Waals surface area contributed by atoms with Gasteiger partial charge in [-0.3, -0.25) is 0 Å². The van der Waals surface area contributed by atoms with Crippen molar-refractivity contribution in [3.63, 3.8) is 0 Å². The summed E-state index contributed by atoms with van der Waals surface area (Å²) in [5, 5.41) is 9.08. The average Bonchev–Trinajstić information content (AvgIpc) is 2.46. The number of hydrogen-bond acceptors (Lipinski definition) is 4. The molecule has 0 spiro atoms. The summed E-state index contributed by atoms with van der Waals surface area (Å²) in [6, 6.07) is 2.46. The predicted molar refractivity (Wildman–Crippen MR) is 77.3 cm³/mol. The molecule has 0 saturated carbocycles. The van der Waals surface area contributed by atoms with Gasteiger partial charge in [-0.2, -0.15) is 0 Å². The molecule has 1 heterocycles. The van der Waals surface area contributed by atoms with Crippen molar-refractivity contribution in [2.24, 2.45) is 0 Å². The second-order valence-electron chi connectivity index (χ2n) is 4.41. The predicted octanol–water partition coefficient (Wildman–Crippen LogP) is 3.28. The van der Waals surface area contributed by atoms with Crippen LogP contribution >= 0.6 is 11.6 Å². The molecule has 0 aliphatic carbocycles. The fraction of sp³-hybridized carbons (Fsp3) is 0.143. The number of methoxy groups -OCH3 is 1. The van der Waals surface area contributed by atoms with E-state index in [0.29, 0.717) is 0 Å². The Morgan fingerprint density at radius 3 is 2.55 bits per heavy atom. The molecule has 0 saturated heterocycles. The zero-order valence-corrected chi connectivity index (χ0v) is 12.3. The zero-order valence-electron chi connectivity index (χ0n) is 11.6. The molecule has 22 heavy (non-hydrogen) atoms. The molecule has 3 N–H and O–H groups in total. The highest BCUT2D eigenvalue weighted by molar-refractivity contribution is 6.32. The fourth-order valence-corrected chi connectivity index (χ4v) is 2.18. The summed E-state index contributed by atoms with van der Waals surface area (Å²) >= 11 is 5.77. The van der Waals surface area contributed by atoms with E-state index < -0.39 is 34.7 Å². The van der Waals surface area contributed by atoms with E-state index in [0.717, 1.165) is 0 Å². The molecule has 2 rings (SSSR count). The van der Waals surface area contributed by atoms with E-state index in [-0.39, 0.29) is 21.9 Å². The van der Waals surface area contributed by atoms with Crippen molar-refractivity contribution in [1.29, 1.82) is 0 Å². The molecular formula is C14H11ClF2N2O3. The number of aromatic nitrogens is 1. The van der Waals surface area contributed by atoms with Crippen LogP contribution in [-0.2, 0) is 0 Å². The summed E-state index contributed by atoms with van der Waals surface area (Å²) in [5.41, 5.74) is 3.84. The standard InChI is InChI=1S/C14H11ClF2N2O3/c1-5-10(18)9(17)12(19-11(5)14(20)21)6-3-4-7(15)13(22-2)8(6)16/h3-4H,1-2H3,(H2,18,19)(H,20,21). The topological polar surface area (TPSA) is 85.4 Å². The molecule has 8 heteroatoms. The third-order valence-electron chi connectivity index (χ3n) is 3.14. The van der Waals surface area contributed by atoms with Crippen molar-refractivity contribution in [3.8, 4) is 17.0 Å². The Balaban J connectivity index is 2.81. The van der Waals surface area contributed by atoms with Gasteiger partial charge in [0, 0.05) is 11.1 Å². The lowest BCUT2D eigenvalue weighted by Gasteiger charge is -2.13. The van der Waals surface area contributed by atoms with Crippen LogP contribution in [0.3, 0.4) is 0 Å². The number of benzene rings is 1. The van der Waals surface area contributed by atoms with Crippen LogP contribution < -0.4 is 10.5 Å². The van der Waals surface area contributed by atoms with Gasteiger partial charge >= 0.3 is 5.97 Å². The van der Waals surface area contributed by atoms with Gasteiger partial charge in [0.1, 0.15) is 5.69 Å². The van der Waals surface area contributed by atoms with Crippen molar-refractivity contribution in [3.05, 3.63) is 40.0 Å². The number of carboxylic acid groups (broad SMARTS) is 1. The van der Waals surface area contributed by atoms with E-state index in [1.165, 1.54) is 26.2 Å². The number of aromatic carboxylic acids is 1. The minimum absolute atomic E-state index is 0.0114. The van der Waals surface area contributed by atoms with Crippen LogP contribution in [0.25, 0.3) is 11.3 Å². The molecule has 0 radical (unpaired) electrons. The fourth-order valence-electron chi connectivity index (χ4n) is 1.95. The normalized spacial score (nSPS) is 10.6. The van der Waals surface area contributed by atoms with E-state index in [2.05, 4.69) is 4.98 Å². The maximum Gasteiger partial charge on any atom is 0.354 e. The number of hydrogen-bond donors (Lipinski definition) is 2. The molecule has 0 atom stereocenters. The second-order valence-corrected chi connectivity index (χ2v) is 4.82. The van der Waals surface area contributed by atoms with Gasteiger partial charge in [-0.05, 0) is 19.1 Å². The largest absolute Gasteiger partial charge is 0.492 e. The molecule has 0 aliphatic rings. The minimum Gasteiger partial charge on any atom is -0.492 e. The minimum atomic E-state index is -1.40. The van der Waals surface area contributed by atoms with Gasteiger partial charge < -0.3 is 15.6 Å². The summed E-state index contributed by atoms with van der Waals surface area (Å²) < 4.78 is 33.5. The second kappa shape index (κ2) is 5.76. The monoisotopic (exact) mass is 328 g/mol. The highest BCUT2D eigenvalue weighted by atomic mass is 35.5. The first kappa shape index (κ1) is 16.0. The number of rotatable bonds is 3. The maximum atomic E-state index is 14.4. The smallest absolute Gasteiger partial charge is 0.354 e. The summed E-state index contributed by atoms with van der Waals surface area (Å²) in [4.78, 5) is 14.8. The molecule has 1 aromatic carbocycles. The molecule has 116 valence electrons. The van der Waals surface area contributed by atoms with Gasteiger partial charge in [0.05, 0.1) is 17.8 Å². The van der Waals surface area contributed by atoms with Crippen molar-refractivity contribution in [2.45, 2.75) is 6.92 Å². The lowest BCUT2D eigenvalue weighted by atomic mass is 10.1. The number of carbonyl (C=O) groups is 1. The summed E-state index contributed by atoms with van der Waals surface area (Å²) in [6.07, 6.45) is 0. The molecule has 5 nitrogen and oxygen atoms in total. The van der Waals surface area contributed by atoms with Crippen LogP contribution in [0.4, 0.5) is 14.5 Å². The Morgan fingerprint density at radius 2 is 2.00 bits per heavy atom. The van der Waals surface area contributed by atoms with Gasteiger partial charge in [-0.1, -0.05) is 11.6 Å². The summed E-state index contributed by atoms with van der Waals surface area (Å²) in [7, 11) is 1.20. The zero-order chi connectivity index (χ0) is 16.6. The Bertz CT molecular complexity index is 781. The first-order chi connectivity index (χ1) is 10.3. The Kier molecular flexibility index (Phi) is 4.18. The molecule has 0 aliphatic heterocycles. The van der Waals surface area contributed by atoms with Gasteiger partial charge in [-0.15, -0.1) is 0 Å². The van der Waals surface area contributed by atoms with Crippen molar-refractivity contribution in [1.82, 2.24) is 4.98 Å². The van der Waals surface area contributed by atoms with E-state index in [4.69, 9.17) is 27.2 Å². The van der Waals surface area contributed by atoms with Crippen molar-refractivity contribution in [2.75, 3.05) is 12.8 Å². The van der Waals surface area contributed by atoms with Crippen molar-refractivity contribution < 1.29 is 23.4 Å². The molecule has 1 aromatic heterocycles. The van der Waals surface area contributed by atoms with Crippen LogP contribution in [0.5, 0.6) is 5.75 Å². The van der Waals surface area contributed by atoms with Crippen LogP contribution in [0.15, 0.2) is 12.1 Å². The molecule has 0 amide bonds. The number of ether oxygens (including phenoxy) is 1. The molecular weight excluding hydrogens is 318 g/mol. The first-order valence-electron chi connectivity index (χ1n) is 6.00. The van der Waals surface area contributed by atoms with Crippen LogP contribution in [0.2, 0.25) is 5.02 Å². The van der Waals surface area contributed by atoms with E-state index >= 15 is 0 Å².